The van der Waals surface area contributed by atoms with E-state index in [0.717, 1.165) is 21.4 Å². The van der Waals surface area contributed by atoms with Crippen LogP contribution >= 0.6 is 15.9 Å². The highest BCUT2D eigenvalue weighted by Crippen LogP contribution is 2.20. The molecule has 0 atom stereocenters. The van der Waals surface area contributed by atoms with Gasteiger partial charge in [-0.15, -0.1) is 0 Å². The van der Waals surface area contributed by atoms with E-state index in [1.165, 1.54) is 0 Å². The molecule has 17 heavy (non-hydrogen) atoms. The minimum Gasteiger partial charge on any atom is -0.508 e. The fourth-order valence-corrected chi connectivity index (χ4v) is 1.70. The number of rotatable bonds is 3. The van der Waals surface area contributed by atoms with Crippen molar-refractivity contribution < 1.29 is 5.11 Å². The summed E-state index contributed by atoms with van der Waals surface area (Å²) in [5, 5.41) is 12.7. The molecule has 1 aromatic carbocycles. The number of pyridine rings is 1. The van der Waals surface area contributed by atoms with Crippen LogP contribution in [0.15, 0.2) is 41.0 Å². The molecule has 0 amide bonds. The second kappa shape index (κ2) is 5.19. The summed E-state index contributed by atoms with van der Waals surface area (Å²) in [6, 6.07) is 9.37. The average molecular weight is 293 g/mol. The third-order valence-corrected chi connectivity index (χ3v) is 2.93. The summed E-state index contributed by atoms with van der Waals surface area (Å²) in [5.74, 6) is 0.317. The van der Waals surface area contributed by atoms with Crippen molar-refractivity contribution in [2.24, 2.45) is 0 Å². The average Bonchev–Trinajstić information content (AvgIpc) is 2.33. The zero-order valence-electron chi connectivity index (χ0n) is 9.44. The van der Waals surface area contributed by atoms with Crippen molar-refractivity contribution in [2.75, 3.05) is 5.32 Å². The first-order valence-corrected chi connectivity index (χ1v) is 6.08. The Morgan fingerprint density at radius 3 is 2.76 bits per heavy atom. The third-order valence-electron chi connectivity index (χ3n) is 2.46. The molecule has 2 rings (SSSR count). The summed E-state index contributed by atoms with van der Waals surface area (Å²) < 4.78 is 0.974. The van der Waals surface area contributed by atoms with E-state index >= 15 is 0 Å². The van der Waals surface area contributed by atoms with Gasteiger partial charge in [0.1, 0.15) is 5.75 Å². The number of aromatic nitrogens is 1. The lowest BCUT2D eigenvalue weighted by Gasteiger charge is -2.07. The first kappa shape index (κ1) is 11.9. The molecule has 0 bridgehead atoms. The van der Waals surface area contributed by atoms with Crippen molar-refractivity contribution >= 4 is 21.6 Å². The van der Waals surface area contributed by atoms with Crippen LogP contribution in [0.25, 0.3) is 0 Å². The Hall–Kier alpha value is -1.55. The lowest BCUT2D eigenvalue weighted by Crippen LogP contribution is -2.01. The van der Waals surface area contributed by atoms with Gasteiger partial charge in [-0.25, -0.2) is 0 Å². The Balaban J connectivity index is 2.02. The van der Waals surface area contributed by atoms with E-state index in [1.807, 2.05) is 31.2 Å². The van der Waals surface area contributed by atoms with Gasteiger partial charge in [-0.1, -0.05) is 0 Å². The molecule has 4 heteroatoms. The zero-order valence-corrected chi connectivity index (χ0v) is 11.0. The highest BCUT2D eigenvalue weighted by Gasteiger charge is 1.99. The van der Waals surface area contributed by atoms with E-state index in [2.05, 4.69) is 26.2 Å². The van der Waals surface area contributed by atoms with Crippen LogP contribution in [0.5, 0.6) is 5.75 Å². The van der Waals surface area contributed by atoms with Crippen molar-refractivity contribution in [3.05, 3.63) is 52.3 Å². The summed E-state index contributed by atoms with van der Waals surface area (Å²) in [4.78, 5) is 4.27. The molecule has 0 radical (unpaired) electrons. The van der Waals surface area contributed by atoms with Crippen molar-refractivity contribution in [3.8, 4) is 5.75 Å². The number of halogens is 1. The first-order valence-electron chi connectivity index (χ1n) is 5.29. The van der Waals surface area contributed by atoms with Crippen LogP contribution in [0.4, 0.5) is 5.69 Å². The van der Waals surface area contributed by atoms with Gasteiger partial charge in [0, 0.05) is 16.4 Å². The lowest BCUT2D eigenvalue weighted by molar-refractivity contribution is 0.471. The molecular weight excluding hydrogens is 280 g/mol. The molecule has 2 aromatic rings. The molecule has 0 saturated heterocycles. The minimum atomic E-state index is 0.317. The van der Waals surface area contributed by atoms with Crippen LogP contribution in [-0.2, 0) is 6.54 Å². The predicted molar refractivity (Wildman–Crippen MR) is 72.1 cm³/mol. The highest BCUT2D eigenvalue weighted by molar-refractivity contribution is 9.10. The maximum Gasteiger partial charge on any atom is 0.118 e. The SMILES string of the molecule is Cc1cc(NCc2ccc(Br)cn2)ccc1O. The van der Waals surface area contributed by atoms with E-state index in [1.54, 1.807) is 12.3 Å². The topological polar surface area (TPSA) is 45.2 Å². The molecule has 0 saturated carbocycles. The maximum absolute atomic E-state index is 9.41. The number of hydrogen-bond donors (Lipinski definition) is 2. The summed E-state index contributed by atoms with van der Waals surface area (Å²) in [5.41, 5.74) is 2.81. The number of aromatic hydroxyl groups is 1. The molecule has 0 spiro atoms. The Labute approximate surface area is 109 Å². The number of hydrogen-bond acceptors (Lipinski definition) is 3. The molecule has 1 aromatic heterocycles. The van der Waals surface area contributed by atoms with E-state index in [0.29, 0.717) is 12.3 Å². The number of phenols is 1. The fraction of sp³-hybridized carbons (Fsp3) is 0.154. The zero-order chi connectivity index (χ0) is 12.3. The highest BCUT2D eigenvalue weighted by atomic mass is 79.9. The van der Waals surface area contributed by atoms with Crippen molar-refractivity contribution in [2.45, 2.75) is 13.5 Å². The Morgan fingerprint density at radius 2 is 2.12 bits per heavy atom. The summed E-state index contributed by atoms with van der Waals surface area (Å²) in [7, 11) is 0. The molecule has 0 unspecified atom stereocenters. The van der Waals surface area contributed by atoms with Gasteiger partial charge in [0.2, 0.25) is 0 Å². The van der Waals surface area contributed by atoms with Gasteiger partial charge < -0.3 is 10.4 Å². The van der Waals surface area contributed by atoms with E-state index < -0.39 is 0 Å². The minimum absolute atomic E-state index is 0.317. The van der Waals surface area contributed by atoms with Crippen LogP contribution in [0.3, 0.4) is 0 Å². The summed E-state index contributed by atoms with van der Waals surface area (Å²) in [6.07, 6.45) is 1.78. The van der Waals surface area contributed by atoms with Crippen molar-refractivity contribution in [1.82, 2.24) is 4.98 Å². The Bertz CT molecular complexity index is 511. The lowest BCUT2D eigenvalue weighted by atomic mass is 10.2. The van der Waals surface area contributed by atoms with Crippen LogP contribution in [0, 0.1) is 6.92 Å². The van der Waals surface area contributed by atoms with Gasteiger partial charge in [0.05, 0.1) is 12.2 Å². The standard InChI is InChI=1S/C13H13BrN2O/c1-9-6-11(4-5-13(9)17)16-8-12-3-2-10(14)7-15-12/h2-7,16-17H,8H2,1H3. The molecule has 1 heterocycles. The second-order valence-electron chi connectivity index (χ2n) is 3.82. The first-order chi connectivity index (χ1) is 8.15. The van der Waals surface area contributed by atoms with Crippen molar-refractivity contribution in [3.63, 3.8) is 0 Å². The van der Waals surface area contributed by atoms with Crippen LogP contribution in [-0.4, -0.2) is 10.1 Å². The van der Waals surface area contributed by atoms with Gasteiger partial charge in [-0.05, 0) is 58.7 Å². The van der Waals surface area contributed by atoms with Crippen LogP contribution in [0.1, 0.15) is 11.3 Å². The van der Waals surface area contributed by atoms with E-state index in [4.69, 9.17) is 0 Å². The van der Waals surface area contributed by atoms with Gasteiger partial charge >= 0.3 is 0 Å². The number of phenolic OH excluding ortho intramolecular Hbond substituents is 1. The third kappa shape index (κ3) is 3.20. The number of anilines is 1. The van der Waals surface area contributed by atoms with E-state index in [-0.39, 0.29) is 0 Å². The maximum atomic E-state index is 9.41. The molecule has 88 valence electrons. The molecule has 0 aliphatic carbocycles. The number of aryl methyl sites for hydroxylation is 1. The molecule has 0 aliphatic rings. The monoisotopic (exact) mass is 292 g/mol. The van der Waals surface area contributed by atoms with Crippen molar-refractivity contribution in [1.29, 1.82) is 0 Å². The predicted octanol–water partition coefficient (Wildman–Crippen LogP) is 3.47. The molecule has 0 aliphatic heterocycles. The number of nitrogens with one attached hydrogen (secondary N) is 1. The summed E-state index contributed by atoms with van der Waals surface area (Å²) >= 11 is 3.35. The second-order valence-corrected chi connectivity index (χ2v) is 4.74. The largest absolute Gasteiger partial charge is 0.508 e. The van der Waals surface area contributed by atoms with Crippen LogP contribution < -0.4 is 5.32 Å². The normalized spacial score (nSPS) is 10.2. The van der Waals surface area contributed by atoms with Gasteiger partial charge in [0.25, 0.3) is 0 Å². The Kier molecular flexibility index (Phi) is 3.64. The molecule has 3 nitrogen and oxygen atoms in total. The van der Waals surface area contributed by atoms with E-state index in [9.17, 15) is 5.11 Å². The van der Waals surface area contributed by atoms with Gasteiger partial charge in [-0.3, -0.25) is 4.98 Å². The Morgan fingerprint density at radius 1 is 1.29 bits per heavy atom. The number of benzene rings is 1. The molecule has 0 fully saturated rings. The van der Waals surface area contributed by atoms with Gasteiger partial charge in [-0.2, -0.15) is 0 Å². The molecular formula is C13H13BrN2O. The number of nitrogens with zero attached hydrogens (tertiary/aromatic N) is 1. The fourth-order valence-electron chi connectivity index (χ4n) is 1.47. The van der Waals surface area contributed by atoms with Gasteiger partial charge in [0.15, 0.2) is 0 Å². The van der Waals surface area contributed by atoms with Crippen LogP contribution in [0.2, 0.25) is 0 Å². The summed E-state index contributed by atoms with van der Waals surface area (Å²) in [6.45, 7) is 2.54. The molecule has 2 N–H and O–H groups in total. The smallest absolute Gasteiger partial charge is 0.118 e. The quantitative estimate of drug-likeness (QED) is 0.852.